The zero-order valence-corrected chi connectivity index (χ0v) is 17.3. The molecule has 5 nitrogen and oxygen atoms in total. The molecule has 4 aromatic rings. The number of carbonyl (C=O) groups is 1. The van der Waals surface area contributed by atoms with Crippen molar-refractivity contribution in [3.63, 3.8) is 0 Å². The van der Waals surface area contributed by atoms with Gasteiger partial charge in [-0.25, -0.2) is 4.98 Å². The van der Waals surface area contributed by atoms with E-state index in [1.165, 1.54) is 10.3 Å². The highest BCUT2D eigenvalue weighted by Crippen LogP contribution is 2.22. The smallest absolute Gasteiger partial charge is 0.254 e. The highest BCUT2D eigenvalue weighted by Gasteiger charge is 2.16. The second-order valence-corrected chi connectivity index (χ2v) is 8.05. The molecule has 2 aromatic carbocycles. The molecule has 4 rings (SSSR count). The van der Waals surface area contributed by atoms with Gasteiger partial charge in [-0.1, -0.05) is 49.4 Å². The Bertz CT molecular complexity index is 1070. The second-order valence-electron chi connectivity index (χ2n) is 6.94. The number of thiazole rings is 1. The van der Waals surface area contributed by atoms with Gasteiger partial charge < -0.3 is 5.32 Å². The van der Waals surface area contributed by atoms with Crippen molar-refractivity contribution in [2.24, 2.45) is 0 Å². The molecule has 1 N–H and O–H groups in total. The quantitative estimate of drug-likeness (QED) is 0.441. The average Bonchev–Trinajstić information content (AvgIpc) is 3.35. The minimum Gasteiger partial charge on any atom is -0.352 e. The molecule has 0 aliphatic carbocycles. The predicted octanol–water partition coefficient (Wildman–Crippen LogP) is 4.47. The number of fused-ring (bicyclic) bond motifs is 1. The number of aromatic nitrogens is 3. The summed E-state index contributed by atoms with van der Waals surface area (Å²) in [6, 6.07) is 18.4. The Morgan fingerprint density at radius 2 is 1.90 bits per heavy atom. The average molecular weight is 405 g/mol. The highest BCUT2D eigenvalue weighted by atomic mass is 32.1. The maximum absolute atomic E-state index is 12.7. The number of amides is 1. The molecule has 0 spiro atoms. The zero-order valence-electron chi connectivity index (χ0n) is 16.5. The van der Waals surface area contributed by atoms with Crippen LogP contribution in [0.25, 0.3) is 10.2 Å². The Morgan fingerprint density at radius 1 is 1.10 bits per heavy atom. The van der Waals surface area contributed by atoms with Crippen molar-refractivity contribution in [3.8, 4) is 0 Å². The van der Waals surface area contributed by atoms with Crippen LogP contribution in [0.5, 0.6) is 0 Å². The van der Waals surface area contributed by atoms with Crippen molar-refractivity contribution in [2.75, 3.05) is 6.54 Å². The first kappa shape index (κ1) is 19.3. The Kier molecular flexibility index (Phi) is 6.00. The minimum absolute atomic E-state index is 0.0505. The SMILES string of the molecule is CCc1c(C(=O)NCCCc2nc3ccccc3s2)cnn1Cc1ccccc1. The molecule has 29 heavy (non-hydrogen) atoms. The number of nitrogens with one attached hydrogen (secondary N) is 1. The molecule has 0 saturated heterocycles. The summed E-state index contributed by atoms with van der Waals surface area (Å²) in [7, 11) is 0. The lowest BCUT2D eigenvalue weighted by atomic mass is 10.1. The fraction of sp³-hybridized carbons (Fsp3) is 0.261. The number of aryl methyl sites for hydroxylation is 1. The fourth-order valence-corrected chi connectivity index (χ4v) is 4.44. The first-order chi connectivity index (χ1) is 14.2. The summed E-state index contributed by atoms with van der Waals surface area (Å²) >= 11 is 1.73. The summed E-state index contributed by atoms with van der Waals surface area (Å²) in [5.74, 6) is -0.0505. The summed E-state index contributed by atoms with van der Waals surface area (Å²) in [6.45, 7) is 3.36. The summed E-state index contributed by atoms with van der Waals surface area (Å²) < 4.78 is 3.13. The van der Waals surface area contributed by atoms with E-state index in [1.54, 1.807) is 17.5 Å². The Hall–Kier alpha value is -2.99. The number of benzene rings is 2. The van der Waals surface area contributed by atoms with Gasteiger partial charge in [-0.2, -0.15) is 5.10 Å². The molecule has 0 radical (unpaired) electrons. The minimum atomic E-state index is -0.0505. The maximum Gasteiger partial charge on any atom is 0.254 e. The molecule has 2 aromatic heterocycles. The van der Waals surface area contributed by atoms with E-state index in [4.69, 9.17) is 0 Å². The molecule has 0 fully saturated rings. The van der Waals surface area contributed by atoms with Crippen molar-refractivity contribution in [3.05, 3.63) is 82.6 Å². The van der Waals surface area contributed by atoms with E-state index in [0.29, 0.717) is 18.7 Å². The van der Waals surface area contributed by atoms with Gasteiger partial charge in [0.25, 0.3) is 5.91 Å². The first-order valence-electron chi connectivity index (χ1n) is 9.96. The van der Waals surface area contributed by atoms with E-state index in [-0.39, 0.29) is 5.91 Å². The van der Waals surface area contributed by atoms with Crippen LogP contribution in [0.1, 0.15) is 40.0 Å². The van der Waals surface area contributed by atoms with Gasteiger partial charge in [0.15, 0.2) is 0 Å². The normalized spacial score (nSPS) is 11.1. The largest absolute Gasteiger partial charge is 0.352 e. The lowest BCUT2D eigenvalue weighted by Crippen LogP contribution is -2.25. The van der Waals surface area contributed by atoms with E-state index in [9.17, 15) is 4.79 Å². The third kappa shape index (κ3) is 4.54. The molecular formula is C23H24N4OS. The molecule has 2 heterocycles. The van der Waals surface area contributed by atoms with Gasteiger partial charge in [0.1, 0.15) is 0 Å². The van der Waals surface area contributed by atoms with Crippen LogP contribution in [0.3, 0.4) is 0 Å². The first-order valence-corrected chi connectivity index (χ1v) is 10.8. The molecule has 0 bridgehead atoms. The number of carbonyl (C=O) groups excluding carboxylic acids is 1. The molecule has 0 saturated carbocycles. The van der Waals surface area contributed by atoms with Gasteiger partial charge in [0, 0.05) is 13.0 Å². The number of hydrogen-bond acceptors (Lipinski definition) is 4. The van der Waals surface area contributed by atoms with Gasteiger partial charge >= 0.3 is 0 Å². The van der Waals surface area contributed by atoms with Gasteiger partial charge in [-0.15, -0.1) is 11.3 Å². The van der Waals surface area contributed by atoms with Crippen LogP contribution in [0.4, 0.5) is 0 Å². The number of nitrogens with zero attached hydrogens (tertiary/aromatic N) is 3. The highest BCUT2D eigenvalue weighted by molar-refractivity contribution is 7.18. The standard InChI is InChI=1S/C23H24N4OS/c1-2-20-18(15-25-27(20)16-17-9-4-3-5-10-17)23(28)24-14-8-13-22-26-19-11-6-7-12-21(19)29-22/h3-7,9-12,15H,2,8,13-14,16H2,1H3,(H,24,28). The van der Waals surface area contributed by atoms with Crippen molar-refractivity contribution < 1.29 is 4.79 Å². The van der Waals surface area contributed by atoms with Crippen molar-refractivity contribution in [2.45, 2.75) is 32.7 Å². The third-order valence-electron chi connectivity index (χ3n) is 4.89. The van der Waals surface area contributed by atoms with E-state index in [2.05, 4.69) is 40.5 Å². The monoisotopic (exact) mass is 404 g/mol. The van der Waals surface area contributed by atoms with Crippen LogP contribution < -0.4 is 5.32 Å². The number of rotatable bonds is 8. The fourth-order valence-electron chi connectivity index (χ4n) is 3.43. The van der Waals surface area contributed by atoms with Crippen LogP contribution in [-0.2, 0) is 19.4 Å². The van der Waals surface area contributed by atoms with Crippen LogP contribution in [0.15, 0.2) is 60.8 Å². The Labute approximate surface area is 174 Å². The molecule has 0 unspecified atom stereocenters. The maximum atomic E-state index is 12.7. The molecule has 1 amide bonds. The van der Waals surface area contributed by atoms with E-state index in [0.717, 1.165) is 35.5 Å². The zero-order chi connectivity index (χ0) is 20.1. The third-order valence-corrected chi connectivity index (χ3v) is 5.99. The molecule has 0 aliphatic heterocycles. The van der Waals surface area contributed by atoms with E-state index in [1.807, 2.05) is 41.1 Å². The number of hydrogen-bond donors (Lipinski definition) is 1. The Morgan fingerprint density at radius 3 is 2.69 bits per heavy atom. The molecule has 0 aliphatic rings. The summed E-state index contributed by atoms with van der Waals surface area (Å²) in [6.07, 6.45) is 4.19. The predicted molar refractivity (Wildman–Crippen MR) is 117 cm³/mol. The lowest BCUT2D eigenvalue weighted by molar-refractivity contribution is 0.0952. The lowest BCUT2D eigenvalue weighted by Gasteiger charge is -2.08. The van der Waals surface area contributed by atoms with Crippen LogP contribution >= 0.6 is 11.3 Å². The summed E-state index contributed by atoms with van der Waals surface area (Å²) in [5, 5.41) is 8.61. The molecule has 6 heteroatoms. The van der Waals surface area contributed by atoms with Gasteiger partial charge in [0.05, 0.1) is 39.2 Å². The van der Waals surface area contributed by atoms with Crippen LogP contribution in [0.2, 0.25) is 0 Å². The van der Waals surface area contributed by atoms with Gasteiger partial charge in [-0.05, 0) is 30.5 Å². The van der Waals surface area contributed by atoms with Crippen LogP contribution in [0, 0.1) is 0 Å². The topological polar surface area (TPSA) is 59.8 Å². The molecule has 148 valence electrons. The van der Waals surface area contributed by atoms with Crippen molar-refractivity contribution >= 4 is 27.5 Å². The van der Waals surface area contributed by atoms with Gasteiger partial charge in [0.2, 0.25) is 0 Å². The van der Waals surface area contributed by atoms with E-state index >= 15 is 0 Å². The van der Waals surface area contributed by atoms with Crippen LogP contribution in [-0.4, -0.2) is 27.2 Å². The number of para-hydroxylation sites is 1. The summed E-state index contributed by atoms with van der Waals surface area (Å²) in [5.41, 5.74) is 3.86. The van der Waals surface area contributed by atoms with Gasteiger partial charge in [-0.3, -0.25) is 9.48 Å². The van der Waals surface area contributed by atoms with Crippen molar-refractivity contribution in [1.82, 2.24) is 20.1 Å². The Balaban J connectivity index is 1.33. The molecular weight excluding hydrogens is 380 g/mol. The van der Waals surface area contributed by atoms with Crippen molar-refractivity contribution in [1.29, 1.82) is 0 Å². The summed E-state index contributed by atoms with van der Waals surface area (Å²) in [4.78, 5) is 17.3. The van der Waals surface area contributed by atoms with E-state index < -0.39 is 0 Å². The molecule has 0 atom stereocenters. The second kappa shape index (κ2) is 9.01.